The third-order valence-corrected chi connectivity index (χ3v) is 5.86. The summed E-state index contributed by atoms with van der Waals surface area (Å²) in [6.45, 7) is 7.30. The minimum atomic E-state index is -3.24. The molecular formula is C9H18NO2P. The van der Waals surface area contributed by atoms with Crippen LogP contribution in [0.1, 0.15) is 33.1 Å². The highest BCUT2D eigenvalue weighted by atomic mass is 31.2. The van der Waals surface area contributed by atoms with Crippen molar-refractivity contribution >= 4 is 7.37 Å². The smallest absolute Gasteiger partial charge is 0.222 e. The highest BCUT2D eigenvalue weighted by molar-refractivity contribution is 7.60. The lowest BCUT2D eigenvalue weighted by Crippen LogP contribution is -2.38. The molecule has 0 heterocycles. The molecule has 3 N–H and O–H groups in total. The maximum Gasteiger partial charge on any atom is 0.222 e. The molecule has 0 saturated heterocycles. The molecule has 4 heteroatoms. The number of hydrogen-bond donors (Lipinski definition) is 2. The molecule has 1 aliphatic carbocycles. The Bertz CT molecular complexity index is 275. The van der Waals surface area contributed by atoms with Crippen molar-refractivity contribution in [1.82, 2.24) is 0 Å². The van der Waals surface area contributed by atoms with Gasteiger partial charge < -0.3 is 10.6 Å². The lowest BCUT2D eigenvalue weighted by molar-refractivity contribution is 0.414. The largest absolute Gasteiger partial charge is 0.343 e. The molecule has 1 saturated carbocycles. The highest BCUT2D eigenvalue weighted by Crippen LogP contribution is 2.62. The standard InChI is InChI=1S/C9H18NO2P/c1-7(2)13(11,12)9(10)5-4-8(3)6-9/h7H,3-6,10H2,1-2H3,(H,11,12)/t9-/m0/s1. The van der Waals surface area contributed by atoms with Crippen LogP contribution in [0.15, 0.2) is 12.2 Å². The molecule has 2 atom stereocenters. The van der Waals surface area contributed by atoms with Crippen molar-refractivity contribution in [2.75, 3.05) is 0 Å². The predicted molar refractivity (Wildman–Crippen MR) is 54.9 cm³/mol. The van der Waals surface area contributed by atoms with Crippen LogP contribution in [0.2, 0.25) is 0 Å². The fraction of sp³-hybridized carbons (Fsp3) is 0.778. The molecule has 0 aromatic carbocycles. The monoisotopic (exact) mass is 203 g/mol. The van der Waals surface area contributed by atoms with E-state index in [1.807, 2.05) is 0 Å². The minimum absolute atomic E-state index is 0.261. The Labute approximate surface area is 79.5 Å². The van der Waals surface area contributed by atoms with Crippen LogP contribution < -0.4 is 5.73 Å². The van der Waals surface area contributed by atoms with E-state index in [0.29, 0.717) is 12.8 Å². The lowest BCUT2D eigenvalue weighted by Gasteiger charge is -2.32. The summed E-state index contributed by atoms with van der Waals surface area (Å²) < 4.78 is 12.0. The molecule has 0 bridgehead atoms. The summed E-state index contributed by atoms with van der Waals surface area (Å²) in [7, 11) is -3.24. The van der Waals surface area contributed by atoms with Crippen LogP contribution in [-0.2, 0) is 4.57 Å². The van der Waals surface area contributed by atoms with Crippen molar-refractivity contribution in [3.05, 3.63) is 12.2 Å². The third kappa shape index (κ3) is 1.74. The number of rotatable bonds is 2. The van der Waals surface area contributed by atoms with Gasteiger partial charge in [-0.25, -0.2) is 0 Å². The zero-order chi connectivity index (χ0) is 10.3. The molecule has 3 nitrogen and oxygen atoms in total. The molecule has 1 unspecified atom stereocenters. The summed E-state index contributed by atoms with van der Waals surface area (Å²) in [5.74, 6) is 0. The summed E-state index contributed by atoms with van der Waals surface area (Å²) in [6.07, 6.45) is 1.88. The molecule has 0 aliphatic heterocycles. The zero-order valence-electron chi connectivity index (χ0n) is 8.29. The highest BCUT2D eigenvalue weighted by Gasteiger charge is 2.48. The summed E-state index contributed by atoms with van der Waals surface area (Å²) in [4.78, 5) is 9.86. The van der Waals surface area contributed by atoms with Gasteiger partial charge in [-0.3, -0.25) is 4.57 Å². The van der Waals surface area contributed by atoms with E-state index < -0.39 is 12.6 Å². The second-order valence-corrected chi connectivity index (χ2v) is 7.42. The van der Waals surface area contributed by atoms with Crippen molar-refractivity contribution in [3.8, 4) is 0 Å². The van der Waals surface area contributed by atoms with Gasteiger partial charge in [-0.05, 0) is 19.3 Å². The molecule has 0 amide bonds. The Hall–Kier alpha value is -0.110. The van der Waals surface area contributed by atoms with E-state index in [-0.39, 0.29) is 5.66 Å². The van der Waals surface area contributed by atoms with Crippen molar-refractivity contribution in [2.24, 2.45) is 5.73 Å². The average Bonchev–Trinajstić information content (AvgIpc) is 2.32. The molecule has 1 aliphatic rings. The van der Waals surface area contributed by atoms with E-state index in [2.05, 4.69) is 6.58 Å². The van der Waals surface area contributed by atoms with Gasteiger partial charge in [-0.1, -0.05) is 26.0 Å². The molecule has 76 valence electrons. The zero-order valence-corrected chi connectivity index (χ0v) is 9.18. The molecule has 0 spiro atoms. The van der Waals surface area contributed by atoms with Crippen LogP contribution in [-0.4, -0.2) is 15.8 Å². The van der Waals surface area contributed by atoms with Crippen molar-refractivity contribution < 1.29 is 9.46 Å². The van der Waals surface area contributed by atoms with Gasteiger partial charge in [0.15, 0.2) is 0 Å². The predicted octanol–water partition coefficient (Wildman–Crippen LogP) is 2.06. The molecule has 1 fully saturated rings. The fourth-order valence-corrected chi connectivity index (χ4v) is 3.70. The maximum atomic E-state index is 12.0. The summed E-state index contributed by atoms with van der Waals surface area (Å²) in [5, 5.41) is -0.905. The first-order chi connectivity index (χ1) is 5.79. The van der Waals surface area contributed by atoms with Crippen molar-refractivity contribution in [2.45, 2.75) is 44.0 Å². The molecule has 1 rings (SSSR count). The van der Waals surface area contributed by atoms with Gasteiger partial charge in [0.05, 0.1) is 5.28 Å². The van der Waals surface area contributed by atoms with E-state index >= 15 is 0 Å². The van der Waals surface area contributed by atoms with Gasteiger partial charge in [0, 0.05) is 5.66 Å². The van der Waals surface area contributed by atoms with E-state index in [1.165, 1.54) is 0 Å². The third-order valence-electron chi connectivity index (χ3n) is 2.81. The first-order valence-corrected chi connectivity index (χ1v) is 6.30. The fourth-order valence-electron chi connectivity index (χ4n) is 1.79. The average molecular weight is 203 g/mol. The maximum absolute atomic E-state index is 12.0. The normalized spacial score (nSPS) is 33.8. The van der Waals surface area contributed by atoms with Gasteiger partial charge in [-0.15, -0.1) is 0 Å². The van der Waals surface area contributed by atoms with Crippen LogP contribution in [0.3, 0.4) is 0 Å². The van der Waals surface area contributed by atoms with Gasteiger partial charge in [-0.2, -0.15) is 0 Å². The van der Waals surface area contributed by atoms with Crippen LogP contribution >= 0.6 is 7.37 Å². The summed E-state index contributed by atoms with van der Waals surface area (Å²) in [5.41, 5.74) is 6.69. The summed E-state index contributed by atoms with van der Waals surface area (Å²) >= 11 is 0. The number of nitrogens with two attached hydrogens (primary N) is 1. The van der Waals surface area contributed by atoms with Crippen LogP contribution in [0, 0.1) is 0 Å². The first-order valence-electron chi connectivity index (χ1n) is 4.58. The van der Waals surface area contributed by atoms with Gasteiger partial charge >= 0.3 is 0 Å². The van der Waals surface area contributed by atoms with Gasteiger partial charge in [0.1, 0.15) is 0 Å². The Balaban J connectivity index is 2.93. The first kappa shape index (κ1) is 11.0. The molecule has 0 aromatic heterocycles. The lowest BCUT2D eigenvalue weighted by atomic mass is 10.2. The van der Waals surface area contributed by atoms with Crippen molar-refractivity contribution in [3.63, 3.8) is 0 Å². The second kappa shape index (κ2) is 3.23. The molecule has 13 heavy (non-hydrogen) atoms. The molecule has 0 radical (unpaired) electrons. The summed E-state index contributed by atoms with van der Waals surface area (Å²) in [6, 6.07) is 0. The van der Waals surface area contributed by atoms with E-state index in [1.54, 1.807) is 13.8 Å². The SMILES string of the molecule is C=C1CC[C@](N)(P(=O)(O)C(C)C)C1. The molecule has 0 aromatic rings. The Kier molecular flexibility index (Phi) is 2.73. The van der Waals surface area contributed by atoms with Crippen LogP contribution in [0.4, 0.5) is 0 Å². The van der Waals surface area contributed by atoms with Crippen molar-refractivity contribution in [1.29, 1.82) is 0 Å². The topological polar surface area (TPSA) is 63.3 Å². The van der Waals surface area contributed by atoms with Crippen LogP contribution in [0.25, 0.3) is 0 Å². The minimum Gasteiger partial charge on any atom is -0.343 e. The number of hydrogen-bond acceptors (Lipinski definition) is 2. The van der Waals surface area contributed by atoms with E-state index in [0.717, 1.165) is 12.0 Å². The van der Waals surface area contributed by atoms with Crippen LogP contribution in [0.5, 0.6) is 0 Å². The molecular weight excluding hydrogens is 185 g/mol. The van der Waals surface area contributed by atoms with Gasteiger partial charge in [0.25, 0.3) is 0 Å². The quantitative estimate of drug-likeness (QED) is 0.533. The van der Waals surface area contributed by atoms with E-state index in [9.17, 15) is 9.46 Å². The Morgan fingerprint density at radius 1 is 1.69 bits per heavy atom. The van der Waals surface area contributed by atoms with Gasteiger partial charge in [0.2, 0.25) is 7.37 Å². The Morgan fingerprint density at radius 3 is 2.54 bits per heavy atom. The Morgan fingerprint density at radius 2 is 2.23 bits per heavy atom. The van der Waals surface area contributed by atoms with E-state index in [4.69, 9.17) is 5.73 Å². The second-order valence-electron chi connectivity index (χ2n) is 4.25.